The number of allylic oxidation sites excluding steroid dienone is 1. The minimum atomic E-state index is -0.811. The molecule has 1 atom stereocenters. The van der Waals surface area contributed by atoms with Crippen LogP contribution in [0.5, 0.6) is 0 Å². The van der Waals surface area contributed by atoms with Gasteiger partial charge in [-0.15, -0.1) is 0 Å². The van der Waals surface area contributed by atoms with Gasteiger partial charge < -0.3 is 4.55 Å². The molecule has 0 bridgehead atoms. The Hall–Kier alpha value is 0.0500. The van der Waals surface area contributed by atoms with E-state index in [9.17, 15) is 4.55 Å². The van der Waals surface area contributed by atoms with Crippen LogP contribution in [0.25, 0.3) is 0 Å². The SMILES string of the molecule is C[S+]([O-])C=C1C(C)(C)CCC1(C)C. The van der Waals surface area contributed by atoms with Gasteiger partial charge >= 0.3 is 0 Å². The molecule has 0 aromatic heterocycles. The summed E-state index contributed by atoms with van der Waals surface area (Å²) in [5, 5.41) is 1.95. The van der Waals surface area contributed by atoms with Gasteiger partial charge in [0.25, 0.3) is 0 Å². The molecule has 0 radical (unpaired) electrons. The summed E-state index contributed by atoms with van der Waals surface area (Å²) in [6.07, 6.45) is 4.17. The summed E-state index contributed by atoms with van der Waals surface area (Å²) in [4.78, 5) is 0. The molecule has 1 fully saturated rings. The van der Waals surface area contributed by atoms with Crippen molar-refractivity contribution in [1.82, 2.24) is 0 Å². The lowest BCUT2D eigenvalue weighted by atomic mass is 9.79. The summed E-state index contributed by atoms with van der Waals surface area (Å²) < 4.78 is 11.2. The highest BCUT2D eigenvalue weighted by molar-refractivity contribution is 7.93. The first-order valence-electron chi connectivity index (χ1n) is 4.81. The third-order valence-electron chi connectivity index (χ3n) is 3.12. The van der Waals surface area contributed by atoms with E-state index in [0.29, 0.717) is 0 Å². The van der Waals surface area contributed by atoms with Crippen molar-refractivity contribution < 1.29 is 4.55 Å². The molecule has 0 spiro atoms. The highest BCUT2D eigenvalue weighted by Crippen LogP contribution is 2.53. The lowest BCUT2D eigenvalue weighted by molar-refractivity contribution is 0.445. The van der Waals surface area contributed by atoms with Crippen molar-refractivity contribution in [2.24, 2.45) is 10.8 Å². The van der Waals surface area contributed by atoms with Crippen LogP contribution in [0.15, 0.2) is 11.0 Å². The molecule has 0 saturated heterocycles. The molecule has 0 aromatic carbocycles. The molecule has 0 heterocycles. The van der Waals surface area contributed by atoms with E-state index in [1.807, 2.05) is 5.41 Å². The van der Waals surface area contributed by atoms with Crippen LogP contribution >= 0.6 is 0 Å². The summed E-state index contributed by atoms with van der Waals surface area (Å²) >= 11 is -0.811. The van der Waals surface area contributed by atoms with Crippen molar-refractivity contribution in [1.29, 1.82) is 0 Å². The lowest BCUT2D eigenvalue weighted by Crippen LogP contribution is -2.17. The predicted octanol–water partition coefficient (Wildman–Crippen LogP) is 3.10. The van der Waals surface area contributed by atoms with E-state index in [2.05, 4.69) is 27.7 Å². The van der Waals surface area contributed by atoms with E-state index in [0.717, 1.165) is 0 Å². The van der Waals surface area contributed by atoms with E-state index in [1.165, 1.54) is 18.4 Å². The second kappa shape index (κ2) is 3.32. The molecule has 1 aliphatic rings. The standard InChI is InChI=1S/C11H20OS/c1-10(2)6-7-11(3,4)9(10)8-13(5)12/h8H,6-7H2,1-5H3. The normalized spacial score (nSPS) is 27.4. The van der Waals surface area contributed by atoms with Gasteiger partial charge in [-0.25, -0.2) is 0 Å². The third kappa shape index (κ3) is 2.29. The fourth-order valence-corrected chi connectivity index (χ4v) is 3.27. The van der Waals surface area contributed by atoms with Crippen LogP contribution in [0.3, 0.4) is 0 Å². The number of hydrogen-bond donors (Lipinski definition) is 0. The van der Waals surface area contributed by atoms with E-state index in [-0.39, 0.29) is 10.8 Å². The van der Waals surface area contributed by atoms with Gasteiger partial charge in [-0.2, -0.15) is 0 Å². The Bertz CT molecular complexity index is 208. The molecule has 1 saturated carbocycles. The molecule has 76 valence electrons. The van der Waals surface area contributed by atoms with Crippen LogP contribution in [0.2, 0.25) is 0 Å². The summed E-state index contributed by atoms with van der Waals surface area (Å²) in [6.45, 7) is 9.00. The zero-order valence-electron chi connectivity index (χ0n) is 9.31. The number of rotatable bonds is 1. The number of hydrogen-bond acceptors (Lipinski definition) is 1. The second-order valence-corrected chi connectivity index (χ2v) is 6.53. The molecule has 1 nitrogen and oxygen atoms in total. The zero-order valence-corrected chi connectivity index (χ0v) is 10.1. The van der Waals surface area contributed by atoms with Gasteiger partial charge in [0.2, 0.25) is 0 Å². The Kier molecular flexibility index (Phi) is 2.84. The average molecular weight is 200 g/mol. The van der Waals surface area contributed by atoms with Crippen molar-refractivity contribution in [3.63, 3.8) is 0 Å². The van der Waals surface area contributed by atoms with Gasteiger partial charge in [0, 0.05) is 0 Å². The Balaban J connectivity index is 3.01. The average Bonchev–Trinajstić information content (AvgIpc) is 2.12. The van der Waals surface area contributed by atoms with Crippen LogP contribution in [0.1, 0.15) is 40.5 Å². The van der Waals surface area contributed by atoms with Gasteiger partial charge in [-0.3, -0.25) is 0 Å². The van der Waals surface area contributed by atoms with Crippen LogP contribution in [-0.2, 0) is 11.2 Å². The van der Waals surface area contributed by atoms with E-state index >= 15 is 0 Å². The highest BCUT2D eigenvalue weighted by Gasteiger charge is 2.42. The topological polar surface area (TPSA) is 23.1 Å². The first-order chi connectivity index (χ1) is 5.76. The minimum Gasteiger partial charge on any atom is -0.612 e. The quantitative estimate of drug-likeness (QED) is 0.596. The first-order valence-corrected chi connectivity index (χ1v) is 6.43. The van der Waals surface area contributed by atoms with Crippen molar-refractivity contribution in [2.75, 3.05) is 6.26 Å². The van der Waals surface area contributed by atoms with Crippen molar-refractivity contribution in [3.05, 3.63) is 11.0 Å². The van der Waals surface area contributed by atoms with Gasteiger partial charge in [0.05, 0.1) is 6.26 Å². The monoisotopic (exact) mass is 200 g/mol. The van der Waals surface area contributed by atoms with E-state index < -0.39 is 11.2 Å². The fourth-order valence-electron chi connectivity index (χ4n) is 2.30. The summed E-state index contributed by atoms with van der Waals surface area (Å²) in [7, 11) is 0. The predicted molar refractivity (Wildman–Crippen MR) is 58.9 cm³/mol. The molecular formula is C11H20OS. The molecular weight excluding hydrogens is 180 g/mol. The van der Waals surface area contributed by atoms with Crippen molar-refractivity contribution >= 4 is 11.2 Å². The molecule has 1 unspecified atom stereocenters. The Labute approximate surface area is 84.8 Å². The van der Waals surface area contributed by atoms with Crippen molar-refractivity contribution in [3.8, 4) is 0 Å². The molecule has 13 heavy (non-hydrogen) atoms. The summed E-state index contributed by atoms with van der Waals surface area (Å²) in [5.74, 6) is 0. The zero-order chi connectivity index (χ0) is 10.3. The molecule has 0 N–H and O–H groups in total. The molecule has 0 aliphatic heterocycles. The second-order valence-electron chi connectivity index (χ2n) is 5.30. The summed E-state index contributed by atoms with van der Waals surface area (Å²) in [5.41, 5.74) is 1.87. The van der Waals surface area contributed by atoms with Crippen LogP contribution in [0, 0.1) is 10.8 Å². The van der Waals surface area contributed by atoms with Crippen LogP contribution < -0.4 is 0 Å². The fraction of sp³-hybridized carbons (Fsp3) is 0.818. The van der Waals surface area contributed by atoms with Crippen LogP contribution in [-0.4, -0.2) is 10.8 Å². The molecule has 1 aliphatic carbocycles. The molecule has 2 heteroatoms. The maximum absolute atomic E-state index is 11.2. The van der Waals surface area contributed by atoms with Crippen LogP contribution in [0.4, 0.5) is 0 Å². The highest BCUT2D eigenvalue weighted by atomic mass is 32.2. The Morgan fingerprint density at radius 2 is 1.54 bits per heavy atom. The van der Waals surface area contributed by atoms with Gasteiger partial charge in [-0.05, 0) is 40.4 Å². The molecule has 1 rings (SSSR count). The van der Waals surface area contributed by atoms with Gasteiger partial charge in [0.15, 0.2) is 0 Å². The maximum atomic E-state index is 11.2. The summed E-state index contributed by atoms with van der Waals surface area (Å²) in [6, 6.07) is 0. The third-order valence-corrected chi connectivity index (χ3v) is 3.68. The lowest BCUT2D eigenvalue weighted by Gasteiger charge is -2.26. The minimum absolute atomic E-state index is 0.245. The maximum Gasteiger partial charge on any atom is 0.116 e. The van der Waals surface area contributed by atoms with Crippen molar-refractivity contribution in [2.45, 2.75) is 40.5 Å². The van der Waals surface area contributed by atoms with Gasteiger partial charge in [0.1, 0.15) is 5.41 Å². The largest absolute Gasteiger partial charge is 0.612 e. The molecule has 0 aromatic rings. The van der Waals surface area contributed by atoms with E-state index in [4.69, 9.17) is 0 Å². The Morgan fingerprint density at radius 3 is 1.85 bits per heavy atom. The van der Waals surface area contributed by atoms with Gasteiger partial charge in [-0.1, -0.05) is 27.7 Å². The smallest absolute Gasteiger partial charge is 0.116 e. The molecule has 0 amide bonds. The van der Waals surface area contributed by atoms with E-state index in [1.54, 1.807) is 6.26 Å². The Morgan fingerprint density at radius 1 is 1.15 bits per heavy atom. The first kappa shape index (κ1) is 11.1.